The Morgan fingerprint density at radius 1 is 0.909 bits per heavy atom. The molecule has 0 aromatic heterocycles. The van der Waals surface area contributed by atoms with Crippen LogP contribution in [0.25, 0.3) is 0 Å². The van der Waals surface area contributed by atoms with Crippen LogP contribution in [0.1, 0.15) is 38.2 Å². The maximum absolute atomic E-state index is 2.75. The van der Waals surface area contributed by atoms with Crippen LogP contribution in [0.4, 0.5) is 5.69 Å². The third kappa shape index (κ3) is 3.64. The van der Waals surface area contributed by atoms with Crippen molar-refractivity contribution in [2.45, 2.75) is 45.6 Å². The minimum Gasteiger partial charge on any atom is -0.309 e. The van der Waals surface area contributed by atoms with Gasteiger partial charge in [-0.3, -0.25) is 0 Å². The Bertz CT molecular complexity index is 454. The lowest BCUT2D eigenvalue weighted by atomic mass is 9.95. The second-order valence-corrected chi connectivity index (χ2v) is 7.26. The Labute approximate surface area is 135 Å². The van der Waals surface area contributed by atoms with Crippen molar-refractivity contribution in [3.8, 4) is 0 Å². The van der Waals surface area contributed by atoms with Gasteiger partial charge in [-0.05, 0) is 63.7 Å². The lowest BCUT2D eigenvalue weighted by molar-refractivity contribution is 0.0782. The monoisotopic (exact) mass is 301 g/mol. The fraction of sp³-hybridized carbons (Fsp3) is 0.684. The lowest BCUT2D eigenvalue weighted by Crippen LogP contribution is -2.51. The van der Waals surface area contributed by atoms with Crippen molar-refractivity contribution in [3.05, 3.63) is 29.8 Å². The molecule has 0 unspecified atom stereocenters. The summed E-state index contributed by atoms with van der Waals surface area (Å²) in [7, 11) is 2.20. The average molecular weight is 301 g/mol. The molecule has 0 saturated carbocycles. The van der Waals surface area contributed by atoms with Gasteiger partial charge in [-0.2, -0.15) is 0 Å². The molecule has 2 aliphatic heterocycles. The normalized spacial score (nSPS) is 22.9. The van der Waals surface area contributed by atoms with Gasteiger partial charge >= 0.3 is 0 Å². The van der Waals surface area contributed by atoms with Crippen molar-refractivity contribution in [1.82, 2.24) is 9.91 Å². The average Bonchev–Trinajstić information content (AvgIpc) is 2.56. The van der Waals surface area contributed by atoms with Crippen LogP contribution in [0.5, 0.6) is 0 Å². The molecule has 122 valence electrons. The smallest absolute Gasteiger partial charge is 0.0519 e. The minimum absolute atomic E-state index is 0.815. The number of benzene rings is 1. The van der Waals surface area contributed by atoms with Crippen LogP contribution in [0, 0.1) is 12.8 Å². The molecule has 0 atom stereocenters. The van der Waals surface area contributed by atoms with Gasteiger partial charge in [-0.15, -0.1) is 0 Å². The molecule has 1 aromatic carbocycles. The van der Waals surface area contributed by atoms with Crippen molar-refractivity contribution < 1.29 is 0 Å². The number of aryl methyl sites for hydroxylation is 1. The Morgan fingerprint density at radius 2 is 1.50 bits per heavy atom. The number of rotatable bonds is 3. The molecule has 3 heteroatoms. The molecule has 0 radical (unpaired) electrons. The van der Waals surface area contributed by atoms with Crippen molar-refractivity contribution in [1.29, 1.82) is 0 Å². The van der Waals surface area contributed by atoms with Crippen molar-refractivity contribution >= 4 is 5.69 Å². The minimum atomic E-state index is 0.815. The predicted octanol–water partition coefficient (Wildman–Crippen LogP) is 3.54. The Kier molecular flexibility index (Phi) is 5.04. The van der Waals surface area contributed by atoms with Crippen LogP contribution in [-0.4, -0.2) is 49.2 Å². The molecule has 0 N–H and O–H groups in total. The summed E-state index contributed by atoms with van der Waals surface area (Å²) >= 11 is 0. The molecule has 3 rings (SSSR count). The molecule has 2 fully saturated rings. The zero-order chi connectivity index (χ0) is 15.5. The summed E-state index contributed by atoms with van der Waals surface area (Å²) in [4.78, 5) is 2.75. The molecule has 0 spiro atoms. The summed E-state index contributed by atoms with van der Waals surface area (Å²) in [6.07, 6.45) is 5.40. The highest BCUT2D eigenvalue weighted by molar-refractivity contribution is 5.45. The van der Waals surface area contributed by atoms with Gasteiger partial charge in [0.25, 0.3) is 0 Å². The molecule has 3 nitrogen and oxygen atoms in total. The summed E-state index contributed by atoms with van der Waals surface area (Å²) in [5.74, 6) is 0.934. The van der Waals surface area contributed by atoms with E-state index in [1.165, 1.54) is 63.1 Å². The summed E-state index contributed by atoms with van der Waals surface area (Å²) in [5.41, 5.74) is 2.63. The molecule has 0 amide bonds. The Hall–Kier alpha value is -1.06. The molecule has 0 bridgehead atoms. The molecule has 2 saturated heterocycles. The molecule has 22 heavy (non-hydrogen) atoms. The van der Waals surface area contributed by atoms with Crippen LogP contribution in [0.3, 0.4) is 0 Å². The summed E-state index contributed by atoms with van der Waals surface area (Å²) in [5, 5.41) is 4.85. The highest BCUT2D eigenvalue weighted by Gasteiger charge is 2.28. The number of hydrogen-bond donors (Lipinski definition) is 0. The number of anilines is 1. The second-order valence-electron chi connectivity index (χ2n) is 7.26. The number of hydrazine groups is 1. The van der Waals surface area contributed by atoms with E-state index in [0.717, 1.165) is 12.0 Å². The largest absolute Gasteiger partial charge is 0.309 e. The summed E-state index contributed by atoms with van der Waals surface area (Å²) in [6.45, 7) is 9.55. The van der Waals surface area contributed by atoms with E-state index >= 15 is 0 Å². The SMILES string of the molecule is Cc1ccc(N(C)N2CCC(N3CCC(C)CC3)CC2)cc1. The Morgan fingerprint density at radius 3 is 2.09 bits per heavy atom. The van der Waals surface area contributed by atoms with Gasteiger partial charge < -0.3 is 9.91 Å². The van der Waals surface area contributed by atoms with E-state index in [1.54, 1.807) is 0 Å². The standard InChI is InChI=1S/C19H31N3/c1-16-4-6-18(7-5-16)20(3)22-14-10-19(11-15-22)21-12-8-17(2)9-13-21/h4-7,17,19H,8-15H2,1-3H3. The Balaban J connectivity index is 1.52. The van der Waals surface area contributed by atoms with Crippen LogP contribution in [0.15, 0.2) is 24.3 Å². The van der Waals surface area contributed by atoms with Crippen LogP contribution in [0.2, 0.25) is 0 Å². The highest BCUT2D eigenvalue weighted by atomic mass is 15.6. The van der Waals surface area contributed by atoms with Gasteiger partial charge in [0.2, 0.25) is 0 Å². The predicted molar refractivity (Wildman–Crippen MR) is 94.1 cm³/mol. The number of nitrogens with zero attached hydrogens (tertiary/aromatic N) is 3. The highest BCUT2D eigenvalue weighted by Crippen LogP contribution is 2.25. The van der Waals surface area contributed by atoms with Crippen LogP contribution < -0.4 is 5.01 Å². The van der Waals surface area contributed by atoms with E-state index in [1.807, 2.05) is 0 Å². The van der Waals surface area contributed by atoms with Crippen molar-refractivity contribution in [2.24, 2.45) is 5.92 Å². The zero-order valence-corrected chi connectivity index (χ0v) is 14.5. The van der Waals surface area contributed by atoms with Gasteiger partial charge in [-0.1, -0.05) is 24.6 Å². The first-order valence-corrected chi connectivity index (χ1v) is 8.93. The van der Waals surface area contributed by atoms with E-state index < -0.39 is 0 Å². The first kappa shape index (κ1) is 15.8. The summed E-state index contributed by atoms with van der Waals surface area (Å²) in [6, 6.07) is 9.68. The van der Waals surface area contributed by atoms with E-state index in [4.69, 9.17) is 0 Å². The summed E-state index contributed by atoms with van der Waals surface area (Å²) < 4.78 is 0. The van der Waals surface area contributed by atoms with E-state index in [-0.39, 0.29) is 0 Å². The quantitative estimate of drug-likeness (QED) is 0.845. The molecule has 1 aromatic rings. The van der Waals surface area contributed by atoms with E-state index in [2.05, 4.69) is 60.1 Å². The molecule has 2 aliphatic rings. The number of likely N-dealkylation sites (tertiary alicyclic amines) is 1. The maximum atomic E-state index is 2.75. The maximum Gasteiger partial charge on any atom is 0.0519 e. The van der Waals surface area contributed by atoms with Gasteiger partial charge in [0.1, 0.15) is 0 Å². The van der Waals surface area contributed by atoms with Crippen molar-refractivity contribution in [3.63, 3.8) is 0 Å². The first-order valence-electron chi connectivity index (χ1n) is 8.93. The number of piperidine rings is 2. The topological polar surface area (TPSA) is 9.72 Å². The van der Waals surface area contributed by atoms with E-state index in [0.29, 0.717) is 0 Å². The third-order valence-electron chi connectivity index (χ3n) is 5.61. The van der Waals surface area contributed by atoms with Gasteiger partial charge in [0, 0.05) is 26.2 Å². The van der Waals surface area contributed by atoms with Crippen LogP contribution in [-0.2, 0) is 0 Å². The van der Waals surface area contributed by atoms with Crippen LogP contribution >= 0.6 is 0 Å². The zero-order valence-electron chi connectivity index (χ0n) is 14.5. The molecule has 2 heterocycles. The second kappa shape index (κ2) is 7.01. The van der Waals surface area contributed by atoms with Gasteiger partial charge in [0.05, 0.1) is 5.69 Å². The fourth-order valence-electron chi connectivity index (χ4n) is 3.83. The van der Waals surface area contributed by atoms with Gasteiger partial charge in [-0.25, -0.2) is 5.01 Å². The van der Waals surface area contributed by atoms with Gasteiger partial charge in [0.15, 0.2) is 0 Å². The molecular formula is C19H31N3. The number of hydrogen-bond acceptors (Lipinski definition) is 3. The lowest BCUT2D eigenvalue weighted by Gasteiger charge is -2.44. The first-order chi connectivity index (χ1) is 10.6. The van der Waals surface area contributed by atoms with E-state index in [9.17, 15) is 0 Å². The fourth-order valence-corrected chi connectivity index (χ4v) is 3.83. The van der Waals surface area contributed by atoms with Crippen molar-refractivity contribution in [2.75, 3.05) is 38.2 Å². The third-order valence-corrected chi connectivity index (χ3v) is 5.61. The molecule has 0 aliphatic carbocycles. The molecular weight excluding hydrogens is 270 g/mol.